The molecule has 2 saturated heterocycles. The van der Waals surface area contributed by atoms with E-state index in [0.717, 1.165) is 57.2 Å². The van der Waals surface area contributed by atoms with E-state index in [1.807, 2.05) is 11.6 Å². The Hall–Kier alpha value is -1.14. The van der Waals surface area contributed by atoms with Crippen molar-refractivity contribution < 1.29 is 4.79 Å². The van der Waals surface area contributed by atoms with E-state index in [-0.39, 0.29) is 5.41 Å². The van der Waals surface area contributed by atoms with E-state index >= 15 is 0 Å². The van der Waals surface area contributed by atoms with Crippen molar-refractivity contribution in [1.82, 2.24) is 15.2 Å². The highest BCUT2D eigenvalue weighted by molar-refractivity contribution is 7.13. The zero-order chi connectivity index (χ0) is 14.0. The number of aromatic nitrogens is 1. The number of carbonyl (C=O) groups is 1. The van der Waals surface area contributed by atoms with Gasteiger partial charge in [0.25, 0.3) is 0 Å². The van der Waals surface area contributed by atoms with Gasteiger partial charge in [0.15, 0.2) is 5.13 Å². The molecule has 110 valence electrons. The van der Waals surface area contributed by atoms with Crippen LogP contribution in [0.15, 0.2) is 11.6 Å². The lowest BCUT2D eigenvalue weighted by atomic mass is 9.79. The molecule has 2 aliphatic rings. The number of anilines is 1. The van der Waals surface area contributed by atoms with Crippen LogP contribution in [0.3, 0.4) is 0 Å². The Labute approximate surface area is 124 Å². The predicted octanol–water partition coefficient (Wildman–Crippen LogP) is 1.18. The van der Waals surface area contributed by atoms with Crippen molar-refractivity contribution in [1.29, 1.82) is 0 Å². The van der Waals surface area contributed by atoms with Gasteiger partial charge in [-0.25, -0.2) is 4.98 Å². The summed E-state index contributed by atoms with van der Waals surface area (Å²) in [6.07, 6.45) is 3.75. The van der Waals surface area contributed by atoms with Crippen molar-refractivity contribution in [2.24, 2.45) is 5.41 Å². The van der Waals surface area contributed by atoms with Crippen molar-refractivity contribution in [2.75, 3.05) is 44.2 Å². The Balaban J connectivity index is 1.59. The van der Waals surface area contributed by atoms with Crippen LogP contribution in [0.25, 0.3) is 0 Å². The third-order valence-electron chi connectivity index (χ3n) is 4.48. The van der Waals surface area contributed by atoms with Gasteiger partial charge in [-0.1, -0.05) is 6.92 Å². The minimum atomic E-state index is -0.158. The summed E-state index contributed by atoms with van der Waals surface area (Å²) >= 11 is 1.67. The maximum Gasteiger partial charge on any atom is 0.228 e. The van der Waals surface area contributed by atoms with Crippen LogP contribution in [0.5, 0.6) is 0 Å². The average molecular weight is 294 g/mol. The third-order valence-corrected chi connectivity index (χ3v) is 5.31. The summed E-state index contributed by atoms with van der Waals surface area (Å²) in [6.45, 7) is 7.48. The summed E-state index contributed by atoms with van der Waals surface area (Å²) < 4.78 is 0. The number of amides is 1. The molecule has 0 saturated carbocycles. The summed E-state index contributed by atoms with van der Waals surface area (Å²) in [4.78, 5) is 21.4. The van der Waals surface area contributed by atoms with Crippen LogP contribution in [-0.4, -0.2) is 55.1 Å². The molecule has 2 fully saturated rings. The first-order chi connectivity index (χ1) is 9.69. The first-order valence-corrected chi connectivity index (χ1v) is 8.22. The molecule has 1 N–H and O–H groups in total. The van der Waals surface area contributed by atoms with Crippen LogP contribution >= 0.6 is 11.3 Å². The minimum Gasteiger partial charge on any atom is -0.345 e. The van der Waals surface area contributed by atoms with Gasteiger partial charge in [0.1, 0.15) is 0 Å². The maximum absolute atomic E-state index is 12.7. The summed E-state index contributed by atoms with van der Waals surface area (Å²) in [6, 6.07) is 0. The van der Waals surface area contributed by atoms with Crippen LogP contribution in [0.2, 0.25) is 0 Å². The van der Waals surface area contributed by atoms with E-state index in [4.69, 9.17) is 0 Å². The molecule has 20 heavy (non-hydrogen) atoms. The second-order valence-corrected chi connectivity index (χ2v) is 6.78. The molecule has 0 radical (unpaired) electrons. The van der Waals surface area contributed by atoms with Crippen molar-refractivity contribution in [2.45, 2.75) is 19.8 Å². The molecular formula is C14H22N4OS. The highest BCUT2D eigenvalue weighted by atomic mass is 32.1. The zero-order valence-electron chi connectivity index (χ0n) is 12.0. The monoisotopic (exact) mass is 294 g/mol. The largest absolute Gasteiger partial charge is 0.345 e. The van der Waals surface area contributed by atoms with Gasteiger partial charge < -0.3 is 15.1 Å². The Morgan fingerprint density at radius 2 is 2.00 bits per heavy atom. The second-order valence-electron chi connectivity index (χ2n) is 5.90. The molecule has 1 aromatic heterocycles. The topological polar surface area (TPSA) is 48.5 Å². The Morgan fingerprint density at radius 1 is 1.30 bits per heavy atom. The van der Waals surface area contributed by atoms with Crippen LogP contribution in [-0.2, 0) is 4.79 Å². The van der Waals surface area contributed by atoms with Gasteiger partial charge in [-0.15, -0.1) is 11.3 Å². The fourth-order valence-electron chi connectivity index (χ4n) is 3.05. The molecule has 3 heterocycles. The SMILES string of the molecule is CC1(C(=O)N2CCN(c3nccs3)CC2)CCNCC1. The fraction of sp³-hybridized carbons (Fsp3) is 0.714. The van der Waals surface area contributed by atoms with E-state index in [2.05, 4.69) is 27.0 Å². The number of piperazine rings is 1. The van der Waals surface area contributed by atoms with Crippen LogP contribution in [0.1, 0.15) is 19.8 Å². The van der Waals surface area contributed by atoms with Gasteiger partial charge in [-0.3, -0.25) is 4.79 Å². The Bertz CT molecular complexity index is 448. The van der Waals surface area contributed by atoms with E-state index in [9.17, 15) is 4.79 Å². The molecule has 1 aromatic rings. The van der Waals surface area contributed by atoms with Gasteiger partial charge in [0, 0.05) is 43.2 Å². The Morgan fingerprint density at radius 3 is 2.60 bits per heavy atom. The summed E-state index contributed by atoms with van der Waals surface area (Å²) in [5.41, 5.74) is -0.158. The molecular weight excluding hydrogens is 272 g/mol. The number of carbonyl (C=O) groups excluding carboxylic acids is 1. The van der Waals surface area contributed by atoms with Gasteiger partial charge in [0.05, 0.1) is 0 Å². The van der Waals surface area contributed by atoms with Gasteiger partial charge in [-0.05, 0) is 25.9 Å². The normalized spacial score (nSPS) is 22.9. The van der Waals surface area contributed by atoms with Crippen LogP contribution in [0, 0.1) is 5.41 Å². The molecule has 3 rings (SSSR count). The molecule has 0 spiro atoms. The first kappa shape index (κ1) is 13.8. The maximum atomic E-state index is 12.7. The summed E-state index contributed by atoms with van der Waals surface area (Å²) in [7, 11) is 0. The van der Waals surface area contributed by atoms with E-state index in [1.54, 1.807) is 11.3 Å². The lowest BCUT2D eigenvalue weighted by Gasteiger charge is -2.41. The quantitative estimate of drug-likeness (QED) is 0.890. The van der Waals surface area contributed by atoms with E-state index in [0.29, 0.717) is 5.91 Å². The Kier molecular flexibility index (Phi) is 3.94. The highest BCUT2D eigenvalue weighted by Crippen LogP contribution is 2.31. The average Bonchev–Trinajstić information content (AvgIpc) is 3.02. The number of hydrogen-bond acceptors (Lipinski definition) is 5. The van der Waals surface area contributed by atoms with Gasteiger partial charge in [0.2, 0.25) is 5.91 Å². The molecule has 0 unspecified atom stereocenters. The van der Waals surface area contributed by atoms with Crippen molar-refractivity contribution in [3.8, 4) is 0 Å². The number of rotatable bonds is 2. The lowest BCUT2D eigenvalue weighted by molar-refractivity contribution is -0.143. The molecule has 0 aromatic carbocycles. The molecule has 2 aliphatic heterocycles. The number of piperidine rings is 1. The van der Waals surface area contributed by atoms with Crippen molar-refractivity contribution in [3.63, 3.8) is 0 Å². The highest BCUT2D eigenvalue weighted by Gasteiger charge is 2.38. The molecule has 5 nitrogen and oxygen atoms in total. The third kappa shape index (κ3) is 2.67. The van der Waals surface area contributed by atoms with Crippen molar-refractivity contribution in [3.05, 3.63) is 11.6 Å². The number of hydrogen-bond donors (Lipinski definition) is 1. The fourth-order valence-corrected chi connectivity index (χ4v) is 3.74. The molecule has 0 atom stereocenters. The van der Waals surface area contributed by atoms with E-state index < -0.39 is 0 Å². The molecule has 0 bridgehead atoms. The number of thiazole rings is 1. The summed E-state index contributed by atoms with van der Waals surface area (Å²) in [5.74, 6) is 0.345. The molecule has 0 aliphatic carbocycles. The predicted molar refractivity (Wildman–Crippen MR) is 81.1 cm³/mol. The lowest BCUT2D eigenvalue weighted by Crippen LogP contribution is -2.54. The van der Waals surface area contributed by atoms with Gasteiger partial charge in [-0.2, -0.15) is 0 Å². The smallest absolute Gasteiger partial charge is 0.228 e. The van der Waals surface area contributed by atoms with Crippen LogP contribution in [0.4, 0.5) is 5.13 Å². The summed E-state index contributed by atoms with van der Waals surface area (Å²) in [5, 5.41) is 6.41. The number of nitrogens with one attached hydrogen (secondary N) is 1. The van der Waals surface area contributed by atoms with E-state index in [1.165, 1.54) is 0 Å². The molecule has 1 amide bonds. The minimum absolute atomic E-state index is 0.158. The number of nitrogens with zero attached hydrogens (tertiary/aromatic N) is 3. The standard InChI is InChI=1S/C14H22N4OS/c1-14(2-4-15-5-3-14)12(19)17-7-9-18(10-8-17)13-16-6-11-20-13/h6,11,15H,2-5,7-10H2,1H3. The van der Waals surface area contributed by atoms with Crippen molar-refractivity contribution >= 4 is 22.4 Å². The molecule has 6 heteroatoms. The van der Waals surface area contributed by atoms with Crippen LogP contribution < -0.4 is 10.2 Å². The van der Waals surface area contributed by atoms with Gasteiger partial charge >= 0.3 is 0 Å². The first-order valence-electron chi connectivity index (χ1n) is 7.34. The second kappa shape index (κ2) is 5.69. The zero-order valence-corrected chi connectivity index (χ0v) is 12.8.